The lowest BCUT2D eigenvalue weighted by molar-refractivity contribution is 0.0318. The number of sulfone groups is 1. The van der Waals surface area contributed by atoms with Crippen molar-refractivity contribution in [2.24, 2.45) is 5.92 Å². The van der Waals surface area contributed by atoms with Crippen LogP contribution in [0.15, 0.2) is 24.3 Å². The van der Waals surface area contributed by atoms with Gasteiger partial charge in [-0.2, -0.15) is 0 Å². The first kappa shape index (κ1) is 16.4. The molecule has 1 aromatic carbocycles. The van der Waals surface area contributed by atoms with Gasteiger partial charge in [0.2, 0.25) is 0 Å². The summed E-state index contributed by atoms with van der Waals surface area (Å²) in [5, 5.41) is 0.417. The predicted octanol–water partition coefficient (Wildman–Crippen LogP) is 1.67. The van der Waals surface area contributed by atoms with Gasteiger partial charge in [-0.25, -0.2) is 8.42 Å². The van der Waals surface area contributed by atoms with E-state index in [0.717, 1.165) is 13.1 Å². The number of carbonyl (C=O) groups is 1. The summed E-state index contributed by atoms with van der Waals surface area (Å²) in [6, 6.07) is 6.64. The van der Waals surface area contributed by atoms with Crippen LogP contribution in [0.4, 0.5) is 0 Å². The number of fused-ring (bicyclic) bond motifs is 1. The summed E-state index contributed by atoms with van der Waals surface area (Å²) in [6.45, 7) is 2.27. The van der Waals surface area contributed by atoms with Gasteiger partial charge in [-0.1, -0.05) is 23.7 Å². The highest BCUT2D eigenvalue weighted by Gasteiger charge is 2.48. The van der Waals surface area contributed by atoms with Gasteiger partial charge in [0.25, 0.3) is 5.91 Å². The molecule has 0 spiro atoms. The van der Waals surface area contributed by atoms with Crippen molar-refractivity contribution in [1.29, 1.82) is 0 Å². The molecule has 0 N–H and O–H groups in total. The minimum absolute atomic E-state index is 0.0645. The number of hydrogen-bond donors (Lipinski definition) is 0. The summed E-state index contributed by atoms with van der Waals surface area (Å²) in [4.78, 5) is 17.0. The van der Waals surface area contributed by atoms with E-state index in [2.05, 4.69) is 4.90 Å². The van der Waals surface area contributed by atoms with Gasteiger partial charge in [-0.3, -0.25) is 9.69 Å². The maximum atomic E-state index is 12.9. The molecule has 0 bridgehead atoms. The van der Waals surface area contributed by atoms with Crippen molar-refractivity contribution in [1.82, 2.24) is 9.80 Å². The average molecular weight is 369 g/mol. The van der Waals surface area contributed by atoms with Crippen LogP contribution in [-0.2, 0) is 9.84 Å². The lowest BCUT2D eigenvalue weighted by Crippen LogP contribution is -2.60. The van der Waals surface area contributed by atoms with Crippen molar-refractivity contribution < 1.29 is 13.2 Å². The number of carbonyl (C=O) groups excluding carboxylic acids is 1. The van der Waals surface area contributed by atoms with Crippen LogP contribution < -0.4 is 0 Å². The summed E-state index contributed by atoms with van der Waals surface area (Å²) < 4.78 is 24.4. The highest BCUT2D eigenvalue weighted by molar-refractivity contribution is 7.91. The van der Waals surface area contributed by atoms with Crippen molar-refractivity contribution in [3.05, 3.63) is 34.9 Å². The first-order valence-corrected chi connectivity index (χ1v) is 10.6. The van der Waals surface area contributed by atoms with E-state index in [9.17, 15) is 13.2 Å². The predicted molar refractivity (Wildman–Crippen MR) is 93.0 cm³/mol. The molecular formula is C17H21ClN2O3S. The molecule has 7 heteroatoms. The second-order valence-corrected chi connectivity index (χ2v) is 9.69. The quantitative estimate of drug-likeness (QED) is 0.814. The Morgan fingerprint density at radius 2 is 1.83 bits per heavy atom. The molecule has 130 valence electrons. The van der Waals surface area contributed by atoms with Crippen LogP contribution in [0.25, 0.3) is 0 Å². The fourth-order valence-corrected chi connectivity index (χ4v) is 6.15. The molecule has 2 saturated heterocycles. The Morgan fingerprint density at radius 1 is 1.12 bits per heavy atom. The summed E-state index contributed by atoms with van der Waals surface area (Å²) in [5.74, 6) is 0.782. The Hall–Kier alpha value is -1.11. The van der Waals surface area contributed by atoms with E-state index >= 15 is 0 Å². The Kier molecular flexibility index (Phi) is 4.09. The third-order valence-corrected chi connectivity index (χ3v) is 7.37. The van der Waals surface area contributed by atoms with Gasteiger partial charge >= 0.3 is 0 Å². The zero-order valence-electron chi connectivity index (χ0n) is 13.4. The SMILES string of the molecule is O=C(c1ccccc1Cl)N1CCN(CC2CC2)[C@@H]2CS(=O)(=O)C[C@@H]21. The van der Waals surface area contributed by atoms with Crippen LogP contribution in [-0.4, -0.2) is 67.3 Å². The molecule has 1 aromatic rings. The van der Waals surface area contributed by atoms with Crippen LogP contribution in [0.2, 0.25) is 5.02 Å². The summed E-state index contributed by atoms with van der Waals surface area (Å²) in [7, 11) is -3.10. The van der Waals surface area contributed by atoms with E-state index in [1.165, 1.54) is 12.8 Å². The zero-order chi connectivity index (χ0) is 16.9. The zero-order valence-corrected chi connectivity index (χ0v) is 15.0. The van der Waals surface area contributed by atoms with E-state index in [0.29, 0.717) is 23.0 Å². The molecular weight excluding hydrogens is 348 g/mol. The highest BCUT2D eigenvalue weighted by atomic mass is 35.5. The number of nitrogens with zero attached hydrogens (tertiary/aromatic N) is 2. The van der Waals surface area contributed by atoms with Gasteiger partial charge < -0.3 is 4.90 Å². The normalized spacial score (nSPS) is 29.5. The van der Waals surface area contributed by atoms with Gasteiger partial charge in [-0.15, -0.1) is 0 Å². The number of piperazine rings is 1. The minimum Gasteiger partial charge on any atom is -0.332 e. The standard InChI is InChI=1S/C17H21ClN2O3S/c18-14-4-2-1-3-13(14)17(21)20-8-7-19(9-12-5-6-12)15-10-24(22,23)11-16(15)20/h1-4,12,15-16H,5-11H2/t15-,16+/m1/s1. The molecule has 0 aromatic heterocycles. The third-order valence-electron chi connectivity index (χ3n) is 5.35. The Morgan fingerprint density at radius 3 is 2.54 bits per heavy atom. The molecule has 2 heterocycles. The van der Waals surface area contributed by atoms with E-state index in [-0.39, 0.29) is 29.5 Å². The number of benzene rings is 1. The molecule has 1 amide bonds. The summed E-state index contributed by atoms with van der Waals surface area (Å²) >= 11 is 6.17. The molecule has 1 aliphatic carbocycles. The average Bonchev–Trinajstić information content (AvgIpc) is 3.28. The first-order chi connectivity index (χ1) is 11.4. The number of rotatable bonds is 3. The minimum atomic E-state index is -3.10. The van der Waals surface area contributed by atoms with Crippen molar-refractivity contribution in [3.8, 4) is 0 Å². The van der Waals surface area contributed by atoms with Gasteiger partial charge in [0.1, 0.15) is 0 Å². The van der Waals surface area contributed by atoms with Crippen molar-refractivity contribution in [3.63, 3.8) is 0 Å². The van der Waals surface area contributed by atoms with Crippen molar-refractivity contribution >= 4 is 27.3 Å². The van der Waals surface area contributed by atoms with E-state index in [1.807, 2.05) is 0 Å². The van der Waals surface area contributed by atoms with Crippen LogP contribution in [0.1, 0.15) is 23.2 Å². The molecule has 3 fully saturated rings. The first-order valence-electron chi connectivity index (χ1n) is 8.44. The summed E-state index contributed by atoms with van der Waals surface area (Å²) in [5.41, 5.74) is 0.456. The molecule has 3 aliphatic rings. The van der Waals surface area contributed by atoms with Crippen LogP contribution in [0.5, 0.6) is 0 Å². The fourth-order valence-electron chi connectivity index (χ4n) is 3.93. The van der Waals surface area contributed by atoms with Gasteiger partial charge in [0.15, 0.2) is 9.84 Å². The van der Waals surface area contributed by atoms with Crippen LogP contribution in [0.3, 0.4) is 0 Å². The third kappa shape index (κ3) is 3.07. The second kappa shape index (κ2) is 6.00. The van der Waals surface area contributed by atoms with Crippen LogP contribution in [0, 0.1) is 5.92 Å². The number of hydrogen-bond acceptors (Lipinski definition) is 4. The molecule has 0 unspecified atom stereocenters. The Balaban J connectivity index is 1.60. The molecule has 24 heavy (non-hydrogen) atoms. The topological polar surface area (TPSA) is 57.7 Å². The monoisotopic (exact) mass is 368 g/mol. The molecule has 2 aliphatic heterocycles. The lowest BCUT2D eigenvalue weighted by atomic mass is 10.0. The highest BCUT2D eigenvalue weighted by Crippen LogP contribution is 2.34. The maximum Gasteiger partial charge on any atom is 0.255 e. The van der Waals surface area contributed by atoms with E-state index in [1.54, 1.807) is 29.2 Å². The van der Waals surface area contributed by atoms with Crippen LogP contribution >= 0.6 is 11.6 Å². The maximum absolute atomic E-state index is 12.9. The molecule has 1 saturated carbocycles. The fraction of sp³-hybridized carbons (Fsp3) is 0.588. The molecule has 0 radical (unpaired) electrons. The molecule has 5 nitrogen and oxygen atoms in total. The lowest BCUT2D eigenvalue weighted by Gasteiger charge is -2.44. The van der Waals surface area contributed by atoms with Gasteiger partial charge in [0.05, 0.1) is 28.1 Å². The number of halogens is 1. The molecule has 4 rings (SSSR count). The van der Waals surface area contributed by atoms with Crippen molar-refractivity contribution in [2.75, 3.05) is 31.1 Å². The van der Waals surface area contributed by atoms with Gasteiger partial charge in [-0.05, 0) is 30.9 Å². The van der Waals surface area contributed by atoms with Gasteiger partial charge in [0, 0.05) is 25.7 Å². The van der Waals surface area contributed by atoms with Crippen molar-refractivity contribution in [2.45, 2.75) is 24.9 Å². The number of amides is 1. The smallest absolute Gasteiger partial charge is 0.255 e. The second-order valence-electron chi connectivity index (χ2n) is 7.13. The largest absolute Gasteiger partial charge is 0.332 e. The van der Waals surface area contributed by atoms with E-state index in [4.69, 9.17) is 11.6 Å². The summed E-state index contributed by atoms with van der Waals surface area (Å²) in [6.07, 6.45) is 2.48. The Labute approximate surface area is 147 Å². The van der Waals surface area contributed by atoms with E-state index < -0.39 is 9.84 Å². The Bertz CT molecular complexity index is 763. The molecule has 2 atom stereocenters.